The van der Waals surface area contributed by atoms with Gasteiger partial charge in [0, 0.05) is 23.6 Å². The van der Waals surface area contributed by atoms with Crippen molar-refractivity contribution in [2.24, 2.45) is 5.73 Å². The predicted octanol–water partition coefficient (Wildman–Crippen LogP) is 1.35. The molecule has 0 bridgehead atoms. The molecule has 8 nitrogen and oxygen atoms in total. The summed E-state index contributed by atoms with van der Waals surface area (Å²) in [6, 6.07) is 5.36. The van der Waals surface area contributed by atoms with Gasteiger partial charge in [-0.25, -0.2) is 4.79 Å². The average molecular weight is 433 g/mol. The summed E-state index contributed by atoms with van der Waals surface area (Å²) in [7, 11) is 0. The Morgan fingerprint density at radius 2 is 2.13 bits per heavy atom. The van der Waals surface area contributed by atoms with Crippen molar-refractivity contribution in [2.75, 3.05) is 18.6 Å². The highest BCUT2D eigenvalue weighted by Gasteiger charge is 2.37. The number of nitrogens with two attached hydrogens (primary N) is 1. The van der Waals surface area contributed by atoms with E-state index in [2.05, 4.69) is 10.3 Å². The molecule has 1 aromatic heterocycles. The highest BCUT2D eigenvalue weighted by Crippen LogP contribution is 2.21. The van der Waals surface area contributed by atoms with E-state index >= 15 is 0 Å². The van der Waals surface area contributed by atoms with E-state index < -0.39 is 30.0 Å². The fourth-order valence-corrected chi connectivity index (χ4v) is 4.36. The number of aromatic amines is 1. The van der Waals surface area contributed by atoms with Gasteiger partial charge in [-0.15, -0.1) is 0 Å². The molecule has 2 heterocycles. The number of para-hydroxylation sites is 1. The molecule has 3 atom stereocenters. The van der Waals surface area contributed by atoms with E-state index in [1.54, 1.807) is 11.8 Å². The fourth-order valence-electron chi connectivity index (χ4n) is 3.89. The molecule has 162 valence electrons. The fraction of sp³-hybridized carbons (Fsp3) is 0.476. The molecule has 2 aromatic rings. The number of aromatic nitrogens is 1. The molecule has 30 heavy (non-hydrogen) atoms. The minimum Gasteiger partial charge on any atom is -0.480 e. The maximum absolute atomic E-state index is 13.0. The molecule has 0 radical (unpaired) electrons. The molecule has 1 aromatic carbocycles. The second-order valence-corrected chi connectivity index (χ2v) is 8.53. The average Bonchev–Trinajstić information content (AvgIpc) is 3.38. The molecule has 0 saturated carbocycles. The highest BCUT2D eigenvalue weighted by molar-refractivity contribution is 7.98. The lowest BCUT2D eigenvalue weighted by Crippen LogP contribution is -2.55. The SMILES string of the molecule is CSCC[C@H](NC(=O)[C@@H](N)Cc1c[nH]c2ccccc12)C(=O)N1CCC[C@H]1C(=O)O. The number of nitrogens with zero attached hydrogens (tertiary/aromatic N) is 1. The maximum atomic E-state index is 13.0. The van der Waals surface area contributed by atoms with Crippen LogP contribution >= 0.6 is 11.8 Å². The summed E-state index contributed by atoms with van der Waals surface area (Å²) in [5.41, 5.74) is 8.07. The van der Waals surface area contributed by atoms with Crippen LogP contribution in [0.2, 0.25) is 0 Å². The number of rotatable bonds is 9. The zero-order chi connectivity index (χ0) is 21.7. The van der Waals surface area contributed by atoms with Gasteiger partial charge in [0.25, 0.3) is 0 Å². The number of hydrogen-bond acceptors (Lipinski definition) is 5. The smallest absolute Gasteiger partial charge is 0.326 e. The van der Waals surface area contributed by atoms with Crippen molar-refractivity contribution >= 4 is 40.4 Å². The third kappa shape index (κ3) is 4.96. The van der Waals surface area contributed by atoms with E-state index in [1.165, 1.54) is 4.90 Å². The number of carboxylic acids is 1. The largest absolute Gasteiger partial charge is 0.480 e. The molecule has 0 spiro atoms. The summed E-state index contributed by atoms with van der Waals surface area (Å²) in [6.45, 7) is 0.392. The molecule has 2 amide bonds. The molecule has 0 aliphatic carbocycles. The van der Waals surface area contributed by atoms with Crippen molar-refractivity contribution < 1.29 is 19.5 Å². The van der Waals surface area contributed by atoms with Gasteiger partial charge >= 0.3 is 5.97 Å². The number of carboxylic acid groups (broad SMARTS) is 1. The van der Waals surface area contributed by atoms with Crippen molar-refractivity contribution in [1.82, 2.24) is 15.2 Å². The molecule has 5 N–H and O–H groups in total. The van der Waals surface area contributed by atoms with Gasteiger partial charge in [-0.05, 0) is 49.3 Å². The topological polar surface area (TPSA) is 129 Å². The molecule has 1 aliphatic heterocycles. The van der Waals surface area contributed by atoms with Crippen LogP contribution in [0.4, 0.5) is 0 Å². The van der Waals surface area contributed by atoms with Gasteiger partial charge < -0.3 is 26.0 Å². The van der Waals surface area contributed by atoms with Gasteiger partial charge in [0.15, 0.2) is 0 Å². The molecule has 1 aliphatic rings. The van der Waals surface area contributed by atoms with Gasteiger partial charge in [0.05, 0.1) is 6.04 Å². The van der Waals surface area contributed by atoms with E-state index in [1.807, 2.05) is 36.7 Å². The molecule has 9 heteroatoms. The zero-order valence-corrected chi connectivity index (χ0v) is 17.8. The van der Waals surface area contributed by atoms with Crippen LogP contribution in [-0.2, 0) is 20.8 Å². The van der Waals surface area contributed by atoms with Crippen molar-refractivity contribution in [3.05, 3.63) is 36.0 Å². The van der Waals surface area contributed by atoms with Crippen molar-refractivity contribution in [3.8, 4) is 0 Å². The van der Waals surface area contributed by atoms with E-state index in [0.717, 1.165) is 16.5 Å². The Balaban J connectivity index is 1.68. The standard InChI is InChI=1S/C21H28N4O4S/c1-30-10-8-17(20(27)25-9-4-7-18(25)21(28)29)24-19(26)15(22)11-13-12-23-16-6-3-2-5-14(13)16/h2-3,5-6,12,15,17-18,23H,4,7-11,22H2,1H3,(H,24,26)(H,28,29)/t15-,17-,18-/m0/s1. The van der Waals surface area contributed by atoms with Crippen LogP contribution < -0.4 is 11.1 Å². The van der Waals surface area contributed by atoms with E-state index in [4.69, 9.17) is 5.73 Å². The second kappa shape index (κ2) is 9.99. The number of amides is 2. The number of likely N-dealkylation sites (tertiary alicyclic amines) is 1. The number of benzene rings is 1. The number of carbonyl (C=O) groups excluding carboxylic acids is 2. The van der Waals surface area contributed by atoms with Gasteiger partial charge in [0.1, 0.15) is 12.1 Å². The molecular formula is C21H28N4O4S. The maximum Gasteiger partial charge on any atom is 0.326 e. The van der Waals surface area contributed by atoms with Crippen LogP contribution in [0.5, 0.6) is 0 Å². The Hall–Kier alpha value is -2.52. The normalized spacial score (nSPS) is 18.3. The summed E-state index contributed by atoms with van der Waals surface area (Å²) >= 11 is 1.56. The van der Waals surface area contributed by atoms with Crippen LogP contribution in [0.3, 0.4) is 0 Å². The molecule has 3 rings (SSSR count). The number of nitrogens with one attached hydrogen (secondary N) is 2. The minimum atomic E-state index is -1.01. The first-order chi connectivity index (χ1) is 14.4. The minimum absolute atomic E-state index is 0.334. The van der Waals surface area contributed by atoms with E-state index in [-0.39, 0.29) is 5.91 Å². The molecule has 1 saturated heterocycles. The van der Waals surface area contributed by atoms with Gasteiger partial charge in [-0.2, -0.15) is 11.8 Å². The summed E-state index contributed by atoms with van der Waals surface area (Å²) in [6.07, 6.45) is 5.60. The third-order valence-electron chi connectivity index (χ3n) is 5.50. The van der Waals surface area contributed by atoms with Gasteiger partial charge in [-0.3, -0.25) is 9.59 Å². The van der Waals surface area contributed by atoms with Crippen LogP contribution in [0.25, 0.3) is 10.9 Å². The first kappa shape index (κ1) is 22.2. The highest BCUT2D eigenvalue weighted by atomic mass is 32.2. The summed E-state index contributed by atoms with van der Waals surface area (Å²) < 4.78 is 0. The summed E-state index contributed by atoms with van der Waals surface area (Å²) in [4.78, 5) is 41.8. The van der Waals surface area contributed by atoms with E-state index in [9.17, 15) is 19.5 Å². The van der Waals surface area contributed by atoms with Crippen molar-refractivity contribution in [1.29, 1.82) is 0 Å². The number of fused-ring (bicyclic) bond motifs is 1. The van der Waals surface area contributed by atoms with E-state index in [0.29, 0.717) is 38.0 Å². The first-order valence-electron chi connectivity index (χ1n) is 10.1. The Morgan fingerprint density at radius 3 is 2.87 bits per heavy atom. The Morgan fingerprint density at radius 1 is 1.37 bits per heavy atom. The molecule has 1 fully saturated rings. The lowest BCUT2D eigenvalue weighted by molar-refractivity contribution is -0.149. The first-order valence-corrected chi connectivity index (χ1v) is 11.4. The van der Waals surface area contributed by atoms with Gasteiger partial charge in [-0.1, -0.05) is 18.2 Å². The van der Waals surface area contributed by atoms with Crippen molar-refractivity contribution in [2.45, 2.75) is 43.8 Å². The number of aliphatic carboxylic acids is 1. The van der Waals surface area contributed by atoms with Crippen LogP contribution in [0, 0.1) is 0 Å². The monoisotopic (exact) mass is 432 g/mol. The lowest BCUT2D eigenvalue weighted by Gasteiger charge is -2.28. The number of hydrogen-bond donors (Lipinski definition) is 4. The van der Waals surface area contributed by atoms with Gasteiger partial charge in [0.2, 0.25) is 11.8 Å². The summed E-state index contributed by atoms with van der Waals surface area (Å²) in [5.74, 6) is -1.10. The lowest BCUT2D eigenvalue weighted by atomic mass is 10.0. The Kier molecular flexibility index (Phi) is 7.38. The van der Waals surface area contributed by atoms with Crippen molar-refractivity contribution in [3.63, 3.8) is 0 Å². The summed E-state index contributed by atoms with van der Waals surface area (Å²) in [5, 5.41) is 13.2. The quantitative estimate of drug-likeness (QED) is 0.473. The Bertz CT molecular complexity index is 915. The predicted molar refractivity (Wildman–Crippen MR) is 117 cm³/mol. The number of H-pyrrole nitrogens is 1. The zero-order valence-electron chi connectivity index (χ0n) is 17.0. The number of carbonyl (C=O) groups is 3. The third-order valence-corrected chi connectivity index (χ3v) is 6.14. The molecule has 0 unspecified atom stereocenters. The second-order valence-electron chi connectivity index (χ2n) is 7.54. The van der Waals surface area contributed by atoms with Crippen LogP contribution in [0.1, 0.15) is 24.8 Å². The number of thioether (sulfide) groups is 1. The molecular weight excluding hydrogens is 404 g/mol. The van der Waals surface area contributed by atoms with Crippen LogP contribution in [0.15, 0.2) is 30.5 Å². The Labute approximate surface area is 179 Å². The van der Waals surface area contributed by atoms with Crippen LogP contribution in [-0.4, -0.2) is 69.5 Å².